The van der Waals surface area contributed by atoms with Crippen LogP contribution in [0.4, 0.5) is 0 Å². The number of thiophene rings is 1. The maximum absolute atomic E-state index is 3.54. The Balaban J connectivity index is 2.56. The molecule has 0 aliphatic rings. The number of hydrogen-bond donors (Lipinski definition) is 0. The molecule has 0 unspecified atom stereocenters. The van der Waals surface area contributed by atoms with Crippen molar-refractivity contribution in [1.29, 1.82) is 0 Å². The predicted octanol–water partition coefficient (Wildman–Crippen LogP) is 4.13. The fraction of sp³-hybridized carbons (Fsp3) is 0.667. The number of nitrogens with zero attached hydrogens (tertiary/aromatic N) is 1. The highest BCUT2D eigenvalue weighted by molar-refractivity contribution is 9.09. The molecule has 3 heteroatoms. The number of rotatable bonds is 7. The lowest BCUT2D eigenvalue weighted by atomic mass is 10.1. The summed E-state index contributed by atoms with van der Waals surface area (Å²) in [4.78, 5) is 4.06. The maximum Gasteiger partial charge on any atom is 0.0331 e. The molecule has 1 aromatic rings. The van der Waals surface area contributed by atoms with E-state index >= 15 is 0 Å². The van der Waals surface area contributed by atoms with Crippen molar-refractivity contribution in [3.63, 3.8) is 0 Å². The van der Waals surface area contributed by atoms with Crippen LogP contribution in [0.25, 0.3) is 0 Å². The van der Waals surface area contributed by atoms with Gasteiger partial charge in [0.05, 0.1) is 0 Å². The van der Waals surface area contributed by atoms with E-state index in [1.54, 1.807) is 0 Å². The molecule has 15 heavy (non-hydrogen) atoms. The Labute approximate surface area is 106 Å². The first-order valence-corrected chi connectivity index (χ1v) is 7.64. The predicted molar refractivity (Wildman–Crippen MR) is 72.9 cm³/mol. The Bertz CT molecular complexity index is 244. The molecular formula is C12H20BrNS. The van der Waals surface area contributed by atoms with E-state index in [9.17, 15) is 0 Å². The monoisotopic (exact) mass is 289 g/mol. The first kappa shape index (κ1) is 13.2. The Morgan fingerprint density at radius 3 is 2.60 bits per heavy atom. The van der Waals surface area contributed by atoms with Crippen LogP contribution in [0.5, 0.6) is 0 Å². The maximum atomic E-state index is 3.54. The highest BCUT2D eigenvalue weighted by Gasteiger charge is 2.14. The van der Waals surface area contributed by atoms with Crippen LogP contribution in [-0.4, -0.2) is 22.8 Å². The Kier molecular flexibility index (Phi) is 6.53. The summed E-state index contributed by atoms with van der Waals surface area (Å²) in [5, 5.41) is 3.23. The fourth-order valence-corrected chi connectivity index (χ4v) is 3.09. The Morgan fingerprint density at radius 2 is 2.13 bits per heavy atom. The molecule has 0 aliphatic heterocycles. The second-order valence-electron chi connectivity index (χ2n) is 3.71. The average molecular weight is 290 g/mol. The van der Waals surface area contributed by atoms with Crippen molar-refractivity contribution in [2.45, 2.75) is 39.3 Å². The van der Waals surface area contributed by atoms with Gasteiger partial charge in [0.2, 0.25) is 0 Å². The zero-order chi connectivity index (χ0) is 11.1. The average Bonchev–Trinajstić information content (AvgIpc) is 2.72. The summed E-state index contributed by atoms with van der Waals surface area (Å²) in [6, 6.07) is 5.10. The zero-order valence-corrected chi connectivity index (χ0v) is 12.0. The van der Waals surface area contributed by atoms with Crippen LogP contribution in [0.1, 0.15) is 31.6 Å². The van der Waals surface area contributed by atoms with Gasteiger partial charge in [0.15, 0.2) is 0 Å². The van der Waals surface area contributed by atoms with Crippen molar-refractivity contribution in [2.75, 3.05) is 11.9 Å². The van der Waals surface area contributed by atoms with Gasteiger partial charge in [-0.2, -0.15) is 0 Å². The molecule has 1 rings (SSSR count). The third-order valence-corrected chi connectivity index (χ3v) is 3.99. The minimum absolute atomic E-state index is 0.727. The molecule has 0 atom stereocenters. The number of halogens is 1. The van der Waals surface area contributed by atoms with Crippen molar-refractivity contribution < 1.29 is 0 Å². The summed E-state index contributed by atoms with van der Waals surface area (Å²) < 4.78 is 0. The Hall–Kier alpha value is 0.140. The first-order chi connectivity index (χ1) is 7.31. The molecule has 0 spiro atoms. The van der Waals surface area contributed by atoms with Gasteiger partial charge >= 0.3 is 0 Å². The first-order valence-electron chi connectivity index (χ1n) is 5.64. The summed E-state index contributed by atoms with van der Waals surface area (Å²) in [6.45, 7) is 6.81. The van der Waals surface area contributed by atoms with Gasteiger partial charge in [-0.05, 0) is 24.3 Å². The molecular weight excluding hydrogens is 270 g/mol. The van der Waals surface area contributed by atoms with Crippen LogP contribution >= 0.6 is 27.3 Å². The lowest BCUT2D eigenvalue weighted by Crippen LogP contribution is -2.35. The largest absolute Gasteiger partial charge is 0.295 e. The molecule has 0 fully saturated rings. The van der Waals surface area contributed by atoms with E-state index in [2.05, 4.69) is 52.2 Å². The van der Waals surface area contributed by atoms with E-state index in [1.165, 1.54) is 17.7 Å². The van der Waals surface area contributed by atoms with Crippen molar-refractivity contribution in [3.8, 4) is 0 Å². The highest BCUT2D eigenvalue weighted by Crippen LogP contribution is 2.17. The van der Waals surface area contributed by atoms with E-state index in [0.717, 1.165) is 24.5 Å². The summed E-state index contributed by atoms with van der Waals surface area (Å²) in [6.07, 6.45) is 2.49. The fourth-order valence-electron chi connectivity index (χ4n) is 1.91. The van der Waals surface area contributed by atoms with E-state index in [1.807, 2.05) is 11.3 Å². The third kappa shape index (κ3) is 4.25. The zero-order valence-electron chi connectivity index (χ0n) is 9.58. The molecule has 0 radical (unpaired) electrons. The van der Waals surface area contributed by atoms with Crippen LogP contribution < -0.4 is 0 Å². The van der Waals surface area contributed by atoms with Crippen molar-refractivity contribution in [3.05, 3.63) is 22.4 Å². The van der Waals surface area contributed by atoms with Gasteiger partial charge < -0.3 is 0 Å². The second-order valence-corrected chi connectivity index (χ2v) is 5.53. The molecule has 0 aromatic carbocycles. The number of alkyl halides is 1. The molecule has 1 heterocycles. The van der Waals surface area contributed by atoms with Gasteiger partial charge in [0, 0.05) is 29.3 Å². The van der Waals surface area contributed by atoms with E-state index in [-0.39, 0.29) is 0 Å². The lowest BCUT2D eigenvalue weighted by molar-refractivity contribution is 0.191. The van der Waals surface area contributed by atoms with E-state index in [0.29, 0.717) is 0 Å². The molecule has 86 valence electrons. The van der Waals surface area contributed by atoms with Gasteiger partial charge in [-0.15, -0.1) is 11.3 Å². The molecule has 0 aliphatic carbocycles. The summed E-state index contributed by atoms with van der Waals surface area (Å²) >= 11 is 5.40. The van der Waals surface area contributed by atoms with E-state index < -0.39 is 0 Å². The third-order valence-electron chi connectivity index (χ3n) is 2.77. The normalized spacial score (nSPS) is 11.5. The highest BCUT2D eigenvalue weighted by atomic mass is 79.9. The minimum atomic E-state index is 0.727. The molecule has 0 amide bonds. The van der Waals surface area contributed by atoms with Crippen LogP contribution in [0.3, 0.4) is 0 Å². The van der Waals surface area contributed by atoms with Crippen molar-refractivity contribution in [1.82, 2.24) is 4.90 Å². The standard InChI is InChI=1S/C12H20BrNS/c1-3-11(4-2)14(8-7-13)10-12-6-5-9-15-12/h5-6,9,11H,3-4,7-8,10H2,1-2H3. The molecule has 1 aromatic heterocycles. The molecule has 0 saturated heterocycles. The van der Waals surface area contributed by atoms with Gasteiger partial charge in [0.1, 0.15) is 0 Å². The van der Waals surface area contributed by atoms with Crippen molar-refractivity contribution >= 4 is 27.3 Å². The summed E-state index contributed by atoms with van der Waals surface area (Å²) in [5.74, 6) is 0. The smallest absolute Gasteiger partial charge is 0.0331 e. The summed E-state index contributed by atoms with van der Waals surface area (Å²) in [7, 11) is 0. The van der Waals surface area contributed by atoms with Crippen LogP contribution in [0.2, 0.25) is 0 Å². The van der Waals surface area contributed by atoms with Crippen molar-refractivity contribution in [2.24, 2.45) is 0 Å². The minimum Gasteiger partial charge on any atom is -0.295 e. The quantitative estimate of drug-likeness (QED) is 0.682. The topological polar surface area (TPSA) is 3.24 Å². The SMILES string of the molecule is CCC(CC)N(CCBr)Cc1cccs1. The Morgan fingerprint density at radius 1 is 1.40 bits per heavy atom. The van der Waals surface area contributed by atoms with Gasteiger partial charge in [-0.3, -0.25) is 4.90 Å². The van der Waals surface area contributed by atoms with Crippen LogP contribution in [-0.2, 0) is 6.54 Å². The molecule has 0 bridgehead atoms. The summed E-state index contributed by atoms with van der Waals surface area (Å²) in [5.41, 5.74) is 0. The molecule has 1 nitrogen and oxygen atoms in total. The number of hydrogen-bond acceptors (Lipinski definition) is 2. The van der Waals surface area contributed by atoms with Gasteiger partial charge in [0.25, 0.3) is 0 Å². The van der Waals surface area contributed by atoms with E-state index in [4.69, 9.17) is 0 Å². The van der Waals surface area contributed by atoms with Crippen LogP contribution in [0.15, 0.2) is 17.5 Å². The van der Waals surface area contributed by atoms with Crippen LogP contribution in [0, 0.1) is 0 Å². The van der Waals surface area contributed by atoms with Gasteiger partial charge in [-0.1, -0.05) is 35.8 Å². The second kappa shape index (κ2) is 7.42. The molecule has 0 saturated carbocycles. The molecule has 0 N–H and O–H groups in total. The lowest BCUT2D eigenvalue weighted by Gasteiger charge is -2.29. The van der Waals surface area contributed by atoms with Gasteiger partial charge in [-0.25, -0.2) is 0 Å².